The molecule has 0 spiro atoms. The Morgan fingerprint density at radius 2 is 1.81 bits per heavy atom. The summed E-state index contributed by atoms with van der Waals surface area (Å²) < 4.78 is 10.5. The van der Waals surface area contributed by atoms with Crippen LogP contribution in [0.4, 0.5) is 11.5 Å². The third kappa shape index (κ3) is 4.22. The van der Waals surface area contributed by atoms with Gasteiger partial charge in [0.25, 0.3) is 5.91 Å². The zero-order valence-corrected chi connectivity index (χ0v) is 15.3. The van der Waals surface area contributed by atoms with Crippen LogP contribution in [-0.4, -0.2) is 36.1 Å². The molecule has 0 saturated heterocycles. The third-order valence-electron chi connectivity index (χ3n) is 4.42. The second kappa shape index (κ2) is 8.03. The molecule has 1 aromatic heterocycles. The van der Waals surface area contributed by atoms with Crippen molar-refractivity contribution in [1.82, 2.24) is 9.97 Å². The SMILES string of the molecule is COc1ccc(NC(=O)c2cc(NC3CCCC3)nc(C)n2)cc1OC. The molecule has 0 unspecified atom stereocenters. The number of hydrogen-bond donors (Lipinski definition) is 2. The van der Waals surface area contributed by atoms with Gasteiger partial charge < -0.3 is 20.1 Å². The molecule has 1 aromatic carbocycles. The van der Waals surface area contributed by atoms with E-state index >= 15 is 0 Å². The van der Waals surface area contributed by atoms with Gasteiger partial charge in [-0.2, -0.15) is 0 Å². The molecule has 1 saturated carbocycles. The van der Waals surface area contributed by atoms with Crippen LogP contribution in [0.1, 0.15) is 42.0 Å². The Labute approximate surface area is 153 Å². The second-order valence-electron chi connectivity index (χ2n) is 6.34. The van der Waals surface area contributed by atoms with Crippen molar-refractivity contribution < 1.29 is 14.3 Å². The van der Waals surface area contributed by atoms with Crippen molar-refractivity contribution in [1.29, 1.82) is 0 Å². The van der Waals surface area contributed by atoms with Crippen LogP contribution in [0, 0.1) is 6.92 Å². The number of benzene rings is 1. The molecule has 3 rings (SSSR count). The molecule has 1 heterocycles. The van der Waals surface area contributed by atoms with E-state index in [9.17, 15) is 4.79 Å². The summed E-state index contributed by atoms with van der Waals surface area (Å²) in [5, 5.41) is 6.25. The minimum absolute atomic E-state index is 0.294. The number of aryl methyl sites for hydroxylation is 1. The highest BCUT2D eigenvalue weighted by molar-refractivity contribution is 6.03. The van der Waals surface area contributed by atoms with E-state index in [0.717, 1.165) is 12.8 Å². The van der Waals surface area contributed by atoms with Crippen LogP contribution in [0.5, 0.6) is 11.5 Å². The first-order valence-corrected chi connectivity index (χ1v) is 8.74. The number of anilines is 2. The van der Waals surface area contributed by atoms with Gasteiger partial charge in [-0.15, -0.1) is 0 Å². The maximum Gasteiger partial charge on any atom is 0.274 e. The molecule has 2 aromatic rings. The fourth-order valence-corrected chi connectivity index (χ4v) is 3.15. The van der Waals surface area contributed by atoms with Crippen molar-refractivity contribution in [3.05, 3.63) is 35.8 Å². The van der Waals surface area contributed by atoms with E-state index in [1.54, 1.807) is 45.4 Å². The number of ether oxygens (including phenoxy) is 2. The number of nitrogens with one attached hydrogen (secondary N) is 2. The average molecular weight is 356 g/mol. The largest absolute Gasteiger partial charge is 0.493 e. The highest BCUT2D eigenvalue weighted by atomic mass is 16.5. The van der Waals surface area contributed by atoms with Gasteiger partial charge in [-0.25, -0.2) is 9.97 Å². The van der Waals surface area contributed by atoms with Gasteiger partial charge in [0.2, 0.25) is 0 Å². The Hall–Kier alpha value is -2.83. The maximum atomic E-state index is 12.6. The predicted molar refractivity (Wildman–Crippen MR) is 100 cm³/mol. The van der Waals surface area contributed by atoms with Crippen molar-refractivity contribution in [2.45, 2.75) is 38.6 Å². The molecule has 138 valence electrons. The lowest BCUT2D eigenvalue weighted by atomic mass is 10.2. The van der Waals surface area contributed by atoms with Crippen LogP contribution < -0.4 is 20.1 Å². The van der Waals surface area contributed by atoms with Gasteiger partial charge in [0, 0.05) is 23.9 Å². The van der Waals surface area contributed by atoms with Crippen molar-refractivity contribution in [3.8, 4) is 11.5 Å². The van der Waals surface area contributed by atoms with Crippen LogP contribution in [0.25, 0.3) is 0 Å². The Morgan fingerprint density at radius 1 is 1.08 bits per heavy atom. The van der Waals surface area contributed by atoms with Crippen LogP contribution >= 0.6 is 0 Å². The van der Waals surface area contributed by atoms with E-state index < -0.39 is 0 Å². The van der Waals surface area contributed by atoms with E-state index in [4.69, 9.17) is 9.47 Å². The molecule has 1 aliphatic carbocycles. The van der Waals surface area contributed by atoms with Crippen LogP contribution in [0.15, 0.2) is 24.3 Å². The lowest BCUT2D eigenvalue weighted by Gasteiger charge is -2.14. The molecule has 26 heavy (non-hydrogen) atoms. The van der Waals surface area contributed by atoms with E-state index in [1.807, 2.05) is 0 Å². The normalized spacial score (nSPS) is 14.1. The average Bonchev–Trinajstić information content (AvgIpc) is 3.14. The number of methoxy groups -OCH3 is 2. The number of rotatable bonds is 6. The zero-order chi connectivity index (χ0) is 18.5. The number of aromatic nitrogens is 2. The summed E-state index contributed by atoms with van der Waals surface area (Å²) in [5.41, 5.74) is 0.932. The first-order chi connectivity index (χ1) is 12.6. The van der Waals surface area contributed by atoms with E-state index in [2.05, 4.69) is 20.6 Å². The van der Waals surface area contributed by atoms with Gasteiger partial charge in [0.1, 0.15) is 17.3 Å². The molecule has 0 radical (unpaired) electrons. The Bertz CT molecular complexity index is 788. The fourth-order valence-electron chi connectivity index (χ4n) is 3.15. The number of hydrogen-bond acceptors (Lipinski definition) is 6. The fraction of sp³-hybridized carbons (Fsp3) is 0.421. The summed E-state index contributed by atoms with van der Waals surface area (Å²) in [5.74, 6) is 2.11. The van der Waals surface area contributed by atoms with E-state index in [1.165, 1.54) is 12.8 Å². The number of amides is 1. The molecule has 0 bridgehead atoms. The molecule has 0 atom stereocenters. The summed E-state index contributed by atoms with van der Waals surface area (Å²) in [6.07, 6.45) is 4.73. The van der Waals surface area contributed by atoms with Crippen molar-refractivity contribution >= 4 is 17.4 Å². The number of nitrogens with zero attached hydrogens (tertiary/aromatic N) is 2. The summed E-state index contributed by atoms with van der Waals surface area (Å²) in [7, 11) is 3.12. The number of carbonyl (C=O) groups excluding carboxylic acids is 1. The van der Waals surface area contributed by atoms with Gasteiger partial charge >= 0.3 is 0 Å². The van der Waals surface area contributed by atoms with Crippen molar-refractivity contribution in [2.24, 2.45) is 0 Å². The van der Waals surface area contributed by atoms with Gasteiger partial charge in [-0.05, 0) is 31.9 Å². The first kappa shape index (κ1) is 18.0. The second-order valence-corrected chi connectivity index (χ2v) is 6.34. The Balaban J connectivity index is 1.75. The lowest BCUT2D eigenvalue weighted by Crippen LogP contribution is -2.19. The minimum atomic E-state index is -0.294. The van der Waals surface area contributed by atoms with Crippen LogP contribution in [-0.2, 0) is 0 Å². The van der Waals surface area contributed by atoms with Gasteiger partial charge in [-0.3, -0.25) is 4.79 Å². The standard InChI is InChI=1S/C19H24N4O3/c1-12-20-15(11-18(21-12)22-13-6-4-5-7-13)19(24)23-14-8-9-16(25-2)17(10-14)26-3/h8-11,13H,4-7H2,1-3H3,(H,23,24)(H,20,21,22). The van der Waals surface area contributed by atoms with Crippen LogP contribution in [0.2, 0.25) is 0 Å². The van der Waals surface area contributed by atoms with Crippen molar-refractivity contribution in [2.75, 3.05) is 24.9 Å². The maximum absolute atomic E-state index is 12.6. The Morgan fingerprint density at radius 3 is 2.50 bits per heavy atom. The molecular formula is C19H24N4O3. The van der Waals surface area contributed by atoms with E-state index in [0.29, 0.717) is 40.6 Å². The highest BCUT2D eigenvalue weighted by Gasteiger charge is 2.17. The predicted octanol–water partition coefficient (Wildman–Crippen LogP) is 3.41. The molecule has 1 fully saturated rings. The molecule has 7 nitrogen and oxygen atoms in total. The topological polar surface area (TPSA) is 85.4 Å². The first-order valence-electron chi connectivity index (χ1n) is 8.74. The monoisotopic (exact) mass is 356 g/mol. The zero-order valence-electron chi connectivity index (χ0n) is 15.3. The Kier molecular flexibility index (Phi) is 5.55. The summed E-state index contributed by atoms with van der Waals surface area (Å²) in [4.78, 5) is 21.3. The van der Waals surface area contributed by atoms with Gasteiger partial charge in [0.15, 0.2) is 11.5 Å². The third-order valence-corrected chi connectivity index (χ3v) is 4.42. The smallest absolute Gasteiger partial charge is 0.274 e. The summed E-state index contributed by atoms with van der Waals surface area (Å²) in [6.45, 7) is 1.78. The molecule has 7 heteroatoms. The van der Waals surface area contributed by atoms with Gasteiger partial charge in [-0.1, -0.05) is 12.8 Å². The lowest BCUT2D eigenvalue weighted by molar-refractivity contribution is 0.102. The molecular weight excluding hydrogens is 332 g/mol. The minimum Gasteiger partial charge on any atom is -0.493 e. The number of carbonyl (C=O) groups is 1. The molecule has 1 aliphatic rings. The molecule has 2 N–H and O–H groups in total. The van der Waals surface area contributed by atoms with E-state index in [-0.39, 0.29) is 5.91 Å². The summed E-state index contributed by atoms with van der Waals surface area (Å²) >= 11 is 0. The van der Waals surface area contributed by atoms with Crippen molar-refractivity contribution in [3.63, 3.8) is 0 Å². The quantitative estimate of drug-likeness (QED) is 0.825. The highest BCUT2D eigenvalue weighted by Crippen LogP contribution is 2.30. The van der Waals surface area contributed by atoms with Gasteiger partial charge in [0.05, 0.1) is 14.2 Å². The summed E-state index contributed by atoms with van der Waals surface area (Å²) in [6, 6.07) is 7.33. The molecule has 0 aliphatic heterocycles. The van der Waals surface area contributed by atoms with Crippen LogP contribution in [0.3, 0.4) is 0 Å². The molecule has 1 amide bonds.